The van der Waals surface area contributed by atoms with Gasteiger partial charge in [0.25, 0.3) is 5.91 Å². The molecule has 2 aromatic rings. The van der Waals surface area contributed by atoms with Gasteiger partial charge in [-0.15, -0.1) is 0 Å². The Morgan fingerprint density at radius 2 is 1.75 bits per heavy atom. The molecule has 0 heterocycles. The van der Waals surface area contributed by atoms with Gasteiger partial charge in [-0.2, -0.15) is 0 Å². The Morgan fingerprint density at radius 1 is 1.12 bits per heavy atom. The van der Waals surface area contributed by atoms with Crippen LogP contribution < -0.4 is 11.1 Å². The molecule has 126 valence electrons. The number of hydrogen-bond donors (Lipinski definition) is 2. The predicted molar refractivity (Wildman–Crippen MR) is 96.6 cm³/mol. The van der Waals surface area contributed by atoms with Crippen molar-refractivity contribution < 1.29 is 9.59 Å². The van der Waals surface area contributed by atoms with E-state index in [1.807, 2.05) is 6.92 Å². The van der Waals surface area contributed by atoms with Gasteiger partial charge < -0.3 is 16.0 Å². The first-order valence-electron chi connectivity index (χ1n) is 7.18. The quantitative estimate of drug-likeness (QED) is 0.846. The molecule has 1 atom stereocenters. The Kier molecular flexibility index (Phi) is 5.70. The maximum atomic E-state index is 12.6. The highest BCUT2D eigenvalue weighted by atomic mass is 35.5. The second-order valence-electron chi connectivity index (χ2n) is 5.32. The molecule has 0 spiro atoms. The Morgan fingerprint density at radius 3 is 2.29 bits per heavy atom. The lowest BCUT2D eigenvalue weighted by Crippen LogP contribution is -2.29. The standard InChI is InChI=1S/C17H17Cl2N3O2/c1-10(14-8-5-12(18)9-15(14)19)22(2)16(23)11-3-6-13(7-4-11)21-17(20)24/h3-10H,1-2H3,(H3,20,21,24)/t10-/m0/s1. The van der Waals surface area contributed by atoms with E-state index in [2.05, 4.69) is 5.32 Å². The minimum absolute atomic E-state index is 0.167. The van der Waals surface area contributed by atoms with Crippen molar-refractivity contribution in [2.24, 2.45) is 5.73 Å². The Balaban J connectivity index is 2.17. The number of anilines is 1. The van der Waals surface area contributed by atoms with Crippen molar-refractivity contribution in [3.05, 3.63) is 63.6 Å². The van der Waals surface area contributed by atoms with Gasteiger partial charge in [-0.25, -0.2) is 4.79 Å². The lowest BCUT2D eigenvalue weighted by Gasteiger charge is -2.26. The first kappa shape index (κ1) is 18.1. The number of nitrogens with zero attached hydrogens (tertiary/aromatic N) is 1. The number of rotatable bonds is 4. The number of halogens is 2. The van der Waals surface area contributed by atoms with E-state index in [1.165, 1.54) is 0 Å². The monoisotopic (exact) mass is 365 g/mol. The van der Waals surface area contributed by atoms with Gasteiger partial charge >= 0.3 is 6.03 Å². The molecule has 3 N–H and O–H groups in total. The number of primary amides is 1. The van der Waals surface area contributed by atoms with Gasteiger partial charge in [-0.3, -0.25) is 4.79 Å². The number of hydrogen-bond acceptors (Lipinski definition) is 2. The first-order chi connectivity index (χ1) is 11.3. The van der Waals surface area contributed by atoms with Crippen molar-refractivity contribution in [1.29, 1.82) is 0 Å². The summed E-state index contributed by atoms with van der Waals surface area (Å²) < 4.78 is 0. The van der Waals surface area contributed by atoms with Crippen molar-refractivity contribution in [3.8, 4) is 0 Å². The van der Waals surface area contributed by atoms with Gasteiger partial charge in [0.1, 0.15) is 0 Å². The molecular weight excluding hydrogens is 349 g/mol. The molecule has 2 aromatic carbocycles. The lowest BCUT2D eigenvalue weighted by atomic mass is 10.1. The molecular formula is C17H17Cl2N3O2. The highest BCUT2D eigenvalue weighted by Crippen LogP contribution is 2.29. The number of carbonyl (C=O) groups is 2. The molecule has 24 heavy (non-hydrogen) atoms. The summed E-state index contributed by atoms with van der Waals surface area (Å²) in [5, 5.41) is 3.50. The predicted octanol–water partition coefficient (Wildman–Crippen LogP) is 4.32. The van der Waals surface area contributed by atoms with Crippen LogP contribution in [0.1, 0.15) is 28.9 Å². The van der Waals surface area contributed by atoms with Gasteiger partial charge in [0.15, 0.2) is 0 Å². The SMILES string of the molecule is C[C@@H](c1ccc(Cl)cc1Cl)N(C)C(=O)c1ccc(NC(N)=O)cc1. The third-order valence-corrected chi connectivity index (χ3v) is 4.28. The zero-order valence-electron chi connectivity index (χ0n) is 13.2. The number of nitrogens with one attached hydrogen (secondary N) is 1. The molecule has 0 fully saturated rings. The van der Waals surface area contributed by atoms with Crippen molar-refractivity contribution in [1.82, 2.24) is 4.90 Å². The van der Waals surface area contributed by atoms with Gasteiger partial charge in [-0.05, 0) is 48.9 Å². The molecule has 0 saturated carbocycles. The number of urea groups is 1. The van der Waals surface area contributed by atoms with Crippen LogP contribution in [0.15, 0.2) is 42.5 Å². The molecule has 0 aliphatic carbocycles. The highest BCUT2D eigenvalue weighted by molar-refractivity contribution is 6.35. The molecule has 0 bridgehead atoms. The second-order valence-corrected chi connectivity index (χ2v) is 6.17. The largest absolute Gasteiger partial charge is 0.351 e. The van der Waals surface area contributed by atoms with Gasteiger partial charge in [-0.1, -0.05) is 29.3 Å². The van der Waals surface area contributed by atoms with Crippen LogP contribution in [0.5, 0.6) is 0 Å². The zero-order valence-corrected chi connectivity index (χ0v) is 14.7. The van der Waals surface area contributed by atoms with Crippen molar-refractivity contribution >= 4 is 40.8 Å². The van der Waals surface area contributed by atoms with Crippen LogP contribution in [0.2, 0.25) is 10.0 Å². The van der Waals surface area contributed by atoms with Gasteiger partial charge in [0.2, 0.25) is 0 Å². The van der Waals surface area contributed by atoms with E-state index in [0.717, 1.165) is 5.56 Å². The number of nitrogens with two attached hydrogens (primary N) is 1. The van der Waals surface area contributed by atoms with E-state index >= 15 is 0 Å². The average molecular weight is 366 g/mol. The zero-order chi connectivity index (χ0) is 17.9. The topological polar surface area (TPSA) is 75.4 Å². The minimum atomic E-state index is -0.655. The van der Waals surface area contributed by atoms with Crippen molar-refractivity contribution in [3.63, 3.8) is 0 Å². The van der Waals surface area contributed by atoms with E-state index in [-0.39, 0.29) is 11.9 Å². The van der Waals surface area contributed by atoms with Crippen LogP contribution in [-0.4, -0.2) is 23.9 Å². The van der Waals surface area contributed by atoms with Crippen LogP contribution in [0, 0.1) is 0 Å². The molecule has 7 heteroatoms. The van der Waals surface area contributed by atoms with Crippen LogP contribution in [0.25, 0.3) is 0 Å². The van der Waals surface area contributed by atoms with Gasteiger partial charge in [0, 0.05) is 28.3 Å². The summed E-state index contributed by atoms with van der Waals surface area (Å²) in [6, 6.07) is 10.8. The summed E-state index contributed by atoms with van der Waals surface area (Å²) in [6.45, 7) is 1.88. The smallest absolute Gasteiger partial charge is 0.316 e. The summed E-state index contributed by atoms with van der Waals surface area (Å²) in [7, 11) is 1.70. The van der Waals surface area contributed by atoms with Crippen molar-refractivity contribution in [2.75, 3.05) is 12.4 Å². The van der Waals surface area contributed by atoms with Crippen molar-refractivity contribution in [2.45, 2.75) is 13.0 Å². The van der Waals surface area contributed by atoms with E-state index in [4.69, 9.17) is 28.9 Å². The Labute approximate surface area is 150 Å². The summed E-state index contributed by atoms with van der Waals surface area (Å²) in [5.74, 6) is -0.167. The summed E-state index contributed by atoms with van der Waals surface area (Å²) in [4.78, 5) is 25.0. The molecule has 0 aliphatic heterocycles. The van der Waals surface area contributed by atoms with Crippen LogP contribution in [-0.2, 0) is 0 Å². The van der Waals surface area contributed by atoms with E-state index < -0.39 is 6.03 Å². The van der Waals surface area contributed by atoms with Crippen LogP contribution >= 0.6 is 23.2 Å². The molecule has 3 amide bonds. The van der Waals surface area contributed by atoms with Crippen LogP contribution in [0.4, 0.5) is 10.5 Å². The van der Waals surface area contributed by atoms with Gasteiger partial charge in [0.05, 0.1) is 6.04 Å². The molecule has 5 nitrogen and oxygen atoms in total. The molecule has 0 radical (unpaired) electrons. The van der Waals surface area contributed by atoms with E-state index in [1.54, 1.807) is 54.4 Å². The molecule has 0 aromatic heterocycles. The third kappa shape index (κ3) is 4.19. The molecule has 0 aliphatic rings. The molecule has 2 rings (SSSR count). The number of amides is 3. The fraction of sp³-hybridized carbons (Fsp3) is 0.176. The maximum Gasteiger partial charge on any atom is 0.316 e. The lowest BCUT2D eigenvalue weighted by molar-refractivity contribution is 0.0743. The summed E-state index contributed by atoms with van der Waals surface area (Å²) >= 11 is 12.1. The minimum Gasteiger partial charge on any atom is -0.351 e. The molecule has 0 unspecified atom stereocenters. The fourth-order valence-electron chi connectivity index (χ4n) is 2.27. The Hall–Kier alpha value is -2.24. The third-order valence-electron chi connectivity index (χ3n) is 3.71. The molecule has 0 saturated heterocycles. The first-order valence-corrected chi connectivity index (χ1v) is 7.94. The normalized spacial score (nSPS) is 11.7. The van der Waals surface area contributed by atoms with E-state index in [9.17, 15) is 9.59 Å². The van der Waals surface area contributed by atoms with E-state index in [0.29, 0.717) is 21.3 Å². The highest BCUT2D eigenvalue weighted by Gasteiger charge is 2.21. The fourth-order valence-corrected chi connectivity index (χ4v) is 2.83. The maximum absolute atomic E-state index is 12.6. The summed E-state index contributed by atoms with van der Waals surface area (Å²) in [5.41, 5.74) is 6.88. The summed E-state index contributed by atoms with van der Waals surface area (Å²) in [6.07, 6.45) is 0. The second kappa shape index (κ2) is 7.55. The average Bonchev–Trinajstić information content (AvgIpc) is 2.53. The Bertz CT molecular complexity index is 763. The number of benzene rings is 2. The van der Waals surface area contributed by atoms with Crippen LogP contribution in [0.3, 0.4) is 0 Å². The number of carbonyl (C=O) groups excluding carboxylic acids is 2.